The molecule has 0 unspecified atom stereocenters. The molecular formula is C45H38N2. The van der Waals surface area contributed by atoms with Gasteiger partial charge in [0.1, 0.15) is 0 Å². The first kappa shape index (κ1) is 29.8. The molecule has 228 valence electrons. The molecule has 2 nitrogen and oxygen atoms in total. The minimum absolute atomic E-state index is 0.784. The number of rotatable bonds is 10. The van der Waals surface area contributed by atoms with Gasteiger partial charge in [-0.15, -0.1) is 0 Å². The highest BCUT2D eigenvalue weighted by Crippen LogP contribution is 2.39. The van der Waals surface area contributed by atoms with Crippen LogP contribution in [0, 0.1) is 0 Å². The summed E-state index contributed by atoms with van der Waals surface area (Å²) in [6.45, 7) is 2.96. The predicted octanol–water partition coefficient (Wildman–Crippen LogP) is 12.7. The molecule has 0 aliphatic carbocycles. The van der Waals surface area contributed by atoms with Crippen LogP contribution in [-0.4, -0.2) is 0 Å². The lowest BCUT2D eigenvalue weighted by Gasteiger charge is -2.27. The van der Waals surface area contributed by atoms with Gasteiger partial charge < -0.3 is 9.80 Å². The molecule has 0 fully saturated rings. The van der Waals surface area contributed by atoms with Crippen LogP contribution in [-0.2, 0) is 6.54 Å². The van der Waals surface area contributed by atoms with Crippen LogP contribution < -0.4 is 9.80 Å². The SMILES string of the molecule is CC/C=C\c1ccccc1CN(c1ccccc1)c1ccc(-c2ccc(N(c3ccccc3)c3cccc4ccccc34)cc2)cc1. The number of hydrogen-bond donors (Lipinski definition) is 0. The summed E-state index contributed by atoms with van der Waals surface area (Å²) in [7, 11) is 0. The first-order chi connectivity index (χ1) is 23.3. The minimum Gasteiger partial charge on any atom is -0.337 e. The van der Waals surface area contributed by atoms with Gasteiger partial charge in [0.15, 0.2) is 0 Å². The lowest BCUT2D eigenvalue weighted by atomic mass is 10.0. The minimum atomic E-state index is 0.784. The number of fused-ring (bicyclic) bond motifs is 1. The normalized spacial score (nSPS) is 11.2. The smallest absolute Gasteiger partial charge is 0.0540 e. The fourth-order valence-electron chi connectivity index (χ4n) is 6.24. The second-order valence-corrected chi connectivity index (χ2v) is 11.7. The Morgan fingerprint density at radius 1 is 0.468 bits per heavy atom. The van der Waals surface area contributed by atoms with Crippen molar-refractivity contribution in [2.45, 2.75) is 19.9 Å². The zero-order chi connectivity index (χ0) is 31.8. The van der Waals surface area contributed by atoms with E-state index < -0.39 is 0 Å². The number of hydrogen-bond acceptors (Lipinski definition) is 2. The van der Waals surface area contributed by atoms with Gasteiger partial charge in [0.05, 0.1) is 5.69 Å². The molecule has 0 radical (unpaired) electrons. The van der Waals surface area contributed by atoms with Gasteiger partial charge >= 0.3 is 0 Å². The Hall–Kier alpha value is -5.86. The molecule has 0 aliphatic heterocycles. The van der Waals surface area contributed by atoms with E-state index in [4.69, 9.17) is 0 Å². The maximum atomic E-state index is 2.40. The summed E-state index contributed by atoms with van der Waals surface area (Å²) < 4.78 is 0. The first-order valence-corrected chi connectivity index (χ1v) is 16.4. The largest absolute Gasteiger partial charge is 0.337 e. The average Bonchev–Trinajstić information content (AvgIpc) is 3.15. The maximum absolute atomic E-state index is 2.40. The Balaban J connectivity index is 1.20. The van der Waals surface area contributed by atoms with Crippen molar-refractivity contribution in [1.29, 1.82) is 0 Å². The van der Waals surface area contributed by atoms with Crippen molar-refractivity contribution in [3.05, 3.63) is 193 Å². The van der Waals surface area contributed by atoms with E-state index in [1.807, 2.05) is 0 Å². The molecule has 0 aromatic heterocycles. The Kier molecular flexibility index (Phi) is 8.92. The van der Waals surface area contributed by atoms with Crippen molar-refractivity contribution in [1.82, 2.24) is 0 Å². The van der Waals surface area contributed by atoms with Crippen molar-refractivity contribution in [3.63, 3.8) is 0 Å². The van der Waals surface area contributed by atoms with Crippen LogP contribution in [0.2, 0.25) is 0 Å². The van der Waals surface area contributed by atoms with E-state index in [0.717, 1.165) is 30.0 Å². The molecule has 2 heteroatoms. The van der Waals surface area contributed by atoms with Crippen LogP contribution in [0.4, 0.5) is 28.4 Å². The summed E-state index contributed by atoms with van der Waals surface area (Å²) in [5.41, 5.74) is 10.7. The Morgan fingerprint density at radius 2 is 1.00 bits per heavy atom. The summed E-state index contributed by atoms with van der Waals surface area (Å²) in [6.07, 6.45) is 5.49. The quantitative estimate of drug-likeness (QED) is 0.153. The topological polar surface area (TPSA) is 6.48 Å². The van der Waals surface area contributed by atoms with Crippen molar-refractivity contribution in [2.75, 3.05) is 9.80 Å². The number of allylic oxidation sites excluding steroid dienone is 1. The maximum Gasteiger partial charge on any atom is 0.0540 e. The molecule has 0 atom stereocenters. The second-order valence-electron chi connectivity index (χ2n) is 11.7. The summed E-state index contributed by atoms with van der Waals surface area (Å²) in [6, 6.07) is 63.0. The van der Waals surface area contributed by atoms with Crippen molar-refractivity contribution >= 4 is 45.3 Å². The van der Waals surface area contributed by atoms with Gasteiger partial charge in [-0.3, -0.25) is 0 Å². The molecule has 0 N–H and O–H groups in total. The van der Waals surface area contributed by atoms with Gasteiger partial charge in [0.2, 0.25) is 0 Å². The lowest BCUT2D eigenvalue weighted by molar-refractivity contribution is 0.972. The van der Waals surface area contributed by atoms with E-state index >= 15 is 0 Å². The number of anilines is 5. The van der Waals surface area contributed by atoms with E-state index in [0.29, 0.717) is 0 Å². The highest BCUT2D eigenvalue weighted by atomic mass is 15.1. The van der Waals surface area contributed by atoms with Crippen molar-refractivity contribution < 1.29 is 0 Å². The van der Waals surface area contributed by atoms with E-state index in [9.17, 15) is 0 Å². The predicted molar refractivity (Wildman–Crippen MR) is 202 cm³/mol. The molecule has 0 amide bonds. The summed E-state index contributed by atoms with van der Waals surface area (Å²) >= 11 is 0. The molecule has 0 saturated heterocycles. The highest BCUT2D eigenvalue weighted by Gasteiger charge is 2.16. The van der Waals surface area contributed by atoms with E-state index in [2.05, 4.69) is 205 Å². The molecule has 7 aromatic rings. The molecule has 0 saturated carbocycles. The number of para-hydroxylation sites is 2. The van der Waals surface area contributed by atoms with Gasteiger partial charge in [-0.1, -0.05) is 140 Å². The Bertz CT molecular complexity index is 2070. The fraction of sp³-hybridized carbons (Fsp3) is 0.0667. The summed E-state index contributed by atoms with van der Waals surface area (Å²) in [4.78, 5) is 4.74. The number of benzene rings is 7. The van der Waals surface area contributed by atoms with Gasteiger partial charge in [-0.2, -0.15) is 0 Å². The third-order valence-electron chi connectivity index (χ3n) is 8.64. The van der Waals surface area contributed by atoms with Crippen molar-refractivity contribution in [3.8, 4) is 11.1 Å². The van der Waals surface area contributed by atoms with Gasteiger partial charge in [0.25, 0.3) is 0 Å². The number of nitrogens with zero attached hydrogens (tertiary/aromatic N) is 2. The zero-order valence-electron chi connectivity index (χ0n) is 26.7. The third-order valence-corrected chi connectivity index (χ3v) is 8.64. The third kappa shape index (κ3) is 6.59. The lowest BCUT2D eigenvalue weighted by Crippen LogP contribution is -2.17. The molecule has 7 aromatic carbocycles. The molecule has 47 heavy (non-hydrogen) atoms. The van der Waals surface area contributed by atoms with Gasteiger partial charge in [-0.05, 0) is 88.7 Å². The second kappa shape index (κ2) is 14.1. The molecular weight excluding hydrogens is 569 g/mol. The average molecular weight is 607 g/mol. The monoisotopic (exact) mass is 606 g/mol. The fourth-order valence-corrected chi connectivity index (χ4v) is 6.24. The molecule has 7 rings (SSSR count). The standard InChI is InChI=1S/C45H38N2/c1-2-3-15-35-16-10-11-18-39(35)34-46(40-20-6-4-7-21-40)41-30-26-36(27-31-41)37-28-32-43(33-29-37)47(42-22-8-5-9-23-42)45-25-14-19-38-17-12-13-24-44(38)45/h3-33H,2,34H2,1H3/b15-3-. The zero-order valence-corrected chi connectivity index (χ0v) is 26.7. The Morgan fingerprint density at radius 3 is 1.70 bits per heavy atom. The van der Waals surface area contributed by atoms with Gasteiger partial charge in [0, 0.05) is 34.7 Å². The molecule has 0 aliphatic rings. The summed E-state index contributed by atoms with van der Waals surface area (Å²) in [5, 5.41) is 2.46. The van der Waals surface area contributed by atoms with Crippen molar-refractivity contribution in [2.24, 2.45) is 0 Å². The van der Waals surface area contributed by atoms with Crippen LogP contribution in [0.5, 0.6) is 0 Å². The highest BCUT2D eigenvalue weighted by molar-refractivity contribution is 5.99. The van der Waals surface area contributed by atoms with E-state index in [1.165, 1.54) is 44.4 Å². The first-order valence-electron chi connectivity index (χ1n) is 16.4. The van der Waals surface area contributed by atoms with Crippen LogP contribution in [0.1, 0.15) is 24.5 Å². The molecule has 0 bridgehead atoms. The van der Waals surface area contributed by atoms with Crippen LogP contribution in [0.3, 0.4) is 0 Å². The van der Waals surface area contributed by atoms with Gasteiger partial charge in [-0.25, -0.2) is 0 Å². The van der Waals surface area contributed by atoms with Crippen LogP contribution in [0.15, 0.2) is 182 Å². The van der Waals surface area contributed by atoms with E-state index in [-0.39, 0.29) is 0 Å². The van der Waals surface area contributed by atoms with E-state index in [1.54, 1.807) is 0 Å². The molecule has 0 heterocycles. The van der Waals surface area contributed by atoms with Crippen LogP contribution >= 0.6 is 0 Å². The molecule has 0 spiro atoms. The summed E-state index contributed by atoms with van der Waals surface area (Å²) in [5.74, 6) is 0. The van der Waals surface area contributed by atoms with Crippen LogP contribution in [0.25, 0.3) is 28.0 Å². The Labute approximate surface area is 278 Å².